The minimum Gasteiger partial charge on any atom is -0.508 e. The van der Waals surface area contributed by atoms with Crippen molar-refractivity contribution in [2.45, 2.75) is 25.2 Å². The van der Waals surface area contributed by atoms with E-state index in [9.17, 15) is 15.0 Å². The molecule has 1 aliphatic rings. The van der Waals surface area contributed by atoms with Crippen LogP contribution in [0.4, 0.5) is 0 Å². The van der Waals surface area contributed by atoms with E-state index in [4.69, 9.17) is 0 Å². The molecular weight excluding hydrogens is 192 g/mol. The Balaban J connectivity index is 2.32. The van der Waals surface area contributed by atoms with Crippen LogP contribution in [0.15, 0.2) is 24.3 Å². The number of phenolic OH excluding ortho intramolecular Hbond substituents is 1. The van der Waals surface area contributed by atoms with E-state index in [-0.39, 0.29) is 11.7 Å². The second-order valence-corrected chi connectivity index (χ2v) is 4.07. The van der Waals surface area contributed by atoms with E-state index in [1.165, 1.54) is 0 Å². The Bertz CT molecular complexity index is 369. The van der Waals surface area contributed by atoms with Gasteiger partial charge in [-0.05, 0) is 24.8 Å². The SMILES string of the molecule is O=C(O)C(c1ccccc1O)C1CCC1. The quantitative estimate of drug-likeness (QED) is 0.798. The van der Waals surface area contributed by atoms with E-state index in [1.54, 1.807) is 24.3 Å². The van der Waals surface area contributed by atoms with Gasteiger partial charge in [-0.2, -0.15) is 0 Å². The molecule has 1 aromatic carbocycles. The molecule has 0 aromatic heterocycles. The number of rotatable bonds is 3. The number of hydrogen-bond donors (Lipinski definition) is 2. The number of hydrogen-bond acceptors (Lipinski definition) is 2. The molecule has 0 amide bonds. The Morgan fingerprint density at radius 2 is 2.00 bits per heavy atom. The van der Waals surface area contributed by atoms with E-state index >= 15 is 0 Å². The molecule has 1 aliphatic carbocycles. The van der Waals surface area contributed by atoms with Crippen molar-refractivity contribution in [1.82, 2.24) is 0 Å². The minimum absolute atomic E-state index is 0.0943. The van der Waals surface area contributed by atoms with Gasteiger partial charge < -0.3 is 10.2 Å². The number of phenols is 1. The third-order valence-electron chi connectivity index (χ3n) is 3.16. The van der Waals surface area contributed by atoms with Crippen LogP contribution in [0.2, 0.25) is 0 Å². The third-order valence-corrected chi connectivity index (χ3v) is 3.16. The van der Waals surface area contributed by atoms with E-state index < -0.39 is 11.9 Å². The van der Waals surface area contributed by atoms with E-state index in [0.717, 1.165) is 19.3 Å². The van der Waals surface area contributed by atoms with Gasteiger partial charge in [0.15, 0.2) is 0 Å². The van der Waals surface area contributed by atoms with Crippen LogP contribution in [-0.2, 0) is 4.79 Å². The van der Waals surface area contributed by atoms with Crippen LogP contribution in [0.1, 0.15) is 30.7 Å². The molecule has 15 heavy (non-hydrogen) atoms. The molecule has 0 saturated heterocycles. The number of carboxylic acid groups (broad SMARTS) is 1. The van der Waals surface area contributed by atoms with E-state index in [2.05, 4.69) is 0 Å². The first-order valence-electron chi connectivity index (χ1n) is 5.21. The van der Waals surface area contributed by atoms with Gasteiger partial charge in [-0.15, -0.1) is 0 Å². The highest BCUT2D eigenvalue weighted by Crippen LogP contribution is 2.41. The largest absolute Gasteiger partial charge is 0.508 e. The maximum Gasteiger partial charge on any atom is 0.311 e. The molecule has 2 N–H and O–H groups in total. The van der Waals surface area contributed by atoms with Crippen LogP contribution in [0.3, 0.4) is 0 Å². The molecule has 0 heterocycles. The molecule has 3 nitrogen and oxygen atoms in total. The summed E-state index contributed by atoms with van der Waals surface area (Å²) < 4.78 is 0. The molecule has 0 spiro atoms. The summed E-state index contributed by atoms with van der Waals surface area (Å²) in [5.74, 6) is -1.09. The van der Waals surface area contributed by atoms with Crippen molar-refractivity contribution < 1.29 is 15.0 Å². The van der Waals surface area contributed by atoms with Crippen molar-refractivity contribution in [2.75, 3.05) is 0 Å². The van der Waals surface area contributed by atoms with Crippen LogP contribution < -0.4 is 0 Å². The molecule has 0 bridgehead atoms. The topological polar surface area (TPSA) is 57.5 Å². The lowest BCUT2D eigenvalue weighted by molar-refractivity contribution is -0.141. The molecule has 2 rings (SSSR count). The monoisotopic (exact) mass is 206 g/mol. The molecule has 1 unspecified atom stereocenters. The third kappa shape index (κ3) is 1.82. The van der Waals surface area contributed by atoms with Gasteiger partial charge in [0.2, 0.25) is 0 Å². The van der Waals surface area contributed by atoms with Crippen molar-refractivity contribution in [3.63, 3.8) is 0 Å². The predicted octanol–water partition coefficient (Wildman–Crippen LogP) is 2.36. The van der Waals surface area contributed by atoms with Crippen molar-refractivity contribution >= 4 is 5.97 Å². The van der Waals surface area contributed by atoms with Crippen molar-refractivity contribution in [3.8, 4) is 5.75 Å². The van der Waals surface area contributed by atoms with Crippen molar-refractivity contribution in [2.24, 2.45) is 5.92 Å². The normalized spacial score (nSPS) is 18.1. The van der Waals surface area contributed by atoms with Gasteiger partial charge >= 0.3 is 5.97 Å². The fourth-order valence-corrected chi connectivity index (χ4v) is 2.11. The Morgan fingerprint density at radius 3 is 2.47 bits per heavy atom. The maximum atomic E-state index is 11.2. The van der Waals surface area contributed by atoms with E-state index in [1.807, 2.05) is 0 Å². The van der Waals surface area contributed by atoms with Gasteiger partial charge in [0.25, 0.3) is 0 Å². The fourth-order valence-electron chi connectivity index (χ4n) is 2.11. The molecule has 1 saturated carbocycles. The summed E-state index contributed by atoms with van der Waals surface area (Å²) in [4.78, 5) is 11.2. The molecular formula is C12H14O3. The van der Waals surface area contributed by atoms with Gasteiger partial charge in [-0.1, -0.05) is 24.6 Å². The standard InChI is InChI=1S/C12H14O3/c13-10-7-2-1-6-9(10)11(12(14)15)8-4-3-5-8/h1-2,6-8,11,13H,3-5H2,(H,14,15). The predicted molar refractivity (Wildman–Crippen MR) is 55.8 cm³/mol. The zero-order valence-corrected chi connectivity index (χ0v) is 8.39. The van der Waals surface area contributed by atoms with E-state index in [0.29, 0.717) is 5.56 Å². The first kappa shape index (κ1) is 10.0. The summed E-state index contributed by atoms with van der Waals surface area (Å²) in [5.41, 5.74) is 0.551. The fraction of sp³-hybridized carbons (Fsp3) is 0.417. The van der Waals surface area contributed by atoms with Crippen LogP contribution in [0.25, 0.3) is 0 Å². The number of carboxylic acids is 1. The van der Waals surface area contributed by atoms with Crippen LogP contribution in [0.5, 0.6) is 5.75 Å². The second-order valence-electron chi connectivity index (χ2n) is 4.07. The Kier molecular flexibility index (Phi) is 2.62. The summed E-state index contributed by atoms with van der Waals surface area (Å²) in [6.45, 7) is 0. The number of aliphatic carboxylic acids is 1. The Labute approximate surface area is 88.4 Å². The summed E-state index contributed by atoms with van der Waals surface area (Å²) in [7, 11) is 0. The highest BCUT2D eigenvalue weighted by molar-refractivity contribution is 5.77. The van der Waals surface area contributed by atoms with Crippen molar-refractivity contribution in [3.05, 3.63) is 29.8 Å². The number of para-hydroxylation sites is 1. The van der Waals surface area contributed by atoms with Gasteiger partial charge in [0.1, 0.15) is 5.75 Å². The number of benzene rings is 1. The molecule has 0 aliphatic heterocycles. The number of carbonyl (C=O) groups is 1. The van der Waals surface area contributed by atoms with Crippen molar-refractivity contribution in [1.29, 1.82) is 0 Å². The molecule has 3 heteroatoms. The van der Waals surface area contributed by atoms with Crippen LogP contribution >= 0.6 is 0 Å². The molecule has 0 radical (unpaired) electrons. The summed E-state index contributed by atoms with van der Waals surface area (Å²) in [6, 6.07) is 6.72. The summed E-state index contributed by atoms with van der Waals surface area (Å²) >= 11 is 0. The molecule has 80 valence electrons. The summed E-state index contributed by atoms with van der Waals surface area (Å²) in [5, 5.41) is 18.8. The highest BCUT2D eigenvalue weighted by atomic mass is 16.4. The lowest BCUT2D eigenvalue weighted by Crippen LogP contribution is -2.26. The zero-order valence-electron chi connectivity index (χ0n) is 8.39. The number of aromatic hydroxyl groups is 1. The average Bonchev–Trinajstić information content (AvgIpc) is 2.12. The minimum atomic E-state index is -0.832. The lowest BCUT2D eigenvalue weighted by Gasteiger charge is -2.31. The van der Waals surface area contributed by atoms with Gasteiger partial charge in [-0.3, -0.25) is 4.79 Å². The Hall–Kier alpha value is -1.51. The summed E-state index contributed by atoms with van der Waals surface area (Å²) in [6.07, 6.45) is 3.00. The first-order chi connectivity index (χ1) is 7.20. The lowest BCUT2D eigenvalue weighted by atomic mass is 9.73. The smallest absolute Gasteiger partial charge is 0.311 e. The van der Waals surface area contributed by atoms with Gasteiger partial charge in [0.05, 0.1) is 5.92 Å². The first-order valence-corrected chi connectivity index (χ1v) is 5.21. The average molecular weight is 206 g/mol. The maximum absolute atomic E-state index is 11.2. The Morgan fingerprint density at radius 1 is 1.33 bits per heavy atom. The van der Waals surface area contributed by atoms with Gasteiger partial charge in [-0.25, -0.2) is 0 Å². The van der Waals surface area contributed by atoms with Gasteiger partial charge in [0, 0.05) is 5.56 Å². The second kappa shape index (κ2) is 3.93. The molecule has 1 atom stereocenters. The zero-order chi connectivity index (χ0) is 10.8. The molecule has 1 aromatic rings. The van der Waals surface area contributed by atoms with Crippen LogP contribution in [-0.4, -0.2) is 16.2 Å². The van der Waals surface area contributed by atoms with Crippen LogP contribution in [0, 0.1) is 5.92 Å². The molecule has 1 fully saturated rings. The highest BCUT2D eigenvalue weighted by Gasteiger charge is 2.35.